The summed E-state index contributed by atoms with van der Waals surface area (Å²) in [6, 6.07) is 8.13. The molecular weight excluding hydrogens is 270 g/mol. The van der Waals surface area contributed by atoms with E-state index in [1.807, 2.05) is 6.92 Å². The molecule has 0 saturated heterocycles. The van der Waals surface area contributed by atoms with E-state index in [1.165, 1.54) is 0 Å². The highest BCUT2D eigenvalue weighted by Crippen LogP contribution is 2.17. The fourth-order valence-electron chi connectivity index (χ4n) is 1.83. The third-order valence-corrected chi connectivity index (χ3v) is 2.89. The Kier molecular flexibility index (Phi) is 4.50. The molecule has 2 amide bonds. The molecule has 6 heteroatoms. The van der Waals surface area contributed by atoms with Crippen LogP contribution in [0.3, 0.4) is 0 Å². The molecule has 0 saturated carbocycles. The van der Waals surface area contributed by atoms with Crippen molar-refractivity contribution in [3.05, 3.63) is 53.9 Å². The summed E-state index contributed by atoms with van der Waals surface area (Å²) in [7, 11) is 0. The number of aromatic nitrogens is 1. The van der Waals surface area contributed by atoms with Gasteiger partial charge in [-0.2, -0.15) is 0 Å². The van der Waals surface area contributed by atoms with Crippen LogP contribution in [0.4, 0.5) is 16.2 Å². The zero-order chi connectivity index (χ0) is 15.2. The molecule has 0 aliphatic carbocycles. The molecule has 108 valence electrons. The molecule has 21 heavy (non-hydrogen) atoms. The van der Waals surface area contributed by atoms with Gasteiger partial charge in [0.25, 0.3) is 0 Å². The van der Waals surface area contributed by atoms with Crippen molar-refractivity contribution < 1.29 is 14.7 Å². The highest BCUT2D eigenvalue weighted by atomic mass is 16.4. The number of carbonyl (C=O) groups excluding carboxylic acids is 1. The van der Waals surface area contributed by atoms with Crippen LogP contribution in [0, 0.1) is 6.92 Å². The first-order valence-electron chi connectivity index (χ1n) is 6.34. The van der Waals surface area contributed by atoms with Gasteiger partial charge in [0, 0.05) is 11.9 Å². The van der Waals surface area contributed by atoms with E-state index in [9.17, 15) is 9.59 Å². The molecule has 0 spiro atoms. The molecule has 0 atom stereocenters. The van der Waals surface area contributed by atoms with Crippen LogP contribution in [-0.4, -0.2) is 22.1 Å². The van der Waals surface area contributed by atoms with Crippen molar-refractivity contribution in [1.82, 2.24) is 4.98 Å². The first-order valence-corrected chi connectivity index (χ1v) is 6.34. The Labute approximate surface area is 121 Å². The monoisotopic (exact) mass is 285 g/mol. The van der Waals surface area contributed by atoms with Crippen LogP contribution in [0.25, 0.3) is 0 Å². The first-order chi connectivity index (χ1) is 10.1. The van der Waals surface area contributed by atoms with E-state index in [-0.39, 0.29) is 6.42 Å². The molecule has 2 rings (SSSR count). The van der Waals surface area contributed by atoms with Crippen molar-refractivity contribution in [3.8, 4) is 0 Å². The Balaban J connectivity index is 2.10. The molecular formula is C15H15N3O3. The summed E-state index contributed by atoms with van der Waals surface area (Å²) in [5.74, 6) is -0.951. The van der Waals surface area contributed by atoms with E-state index >= 15 is 0 Å². The number of nitrogens with zero attached hydrogens (tertiary/aromatic N) is 1. The molecule has 1 aromatic heterocycles. The topological polar surface area (TPSA) is 91.3 Å². The second kappa shape index (κ2) is 6.51. The third-order valence-electron chi connectivity index (χ3n) is 2.89. The molecule has 0 radical (unpaired) electrons. The Hall–Kier alpha value is -2.89. The van der Waals surface area contributed by atoms with Crippen molar-refractivity contribution in [3.63, 3.8) is 0 Å². The minimum atomic E-state index is -0.951. The standard InChI is InChI=1S/C15H15N3O3/c1-10-6-7-16-9-13(10)18-15(21)17-12-5-3-2-4-11(12)8-14(19)20/h2-7,9H,8H2,1H3,(H,19,20)(H2,17,18,21). The number of hydrogen-bond acceptors (Lipinski definition) is 3. The van der Waals surface area contributed by atoms with Crippen LogP contribution < -0.4 is 10.6 Å². The second-order valence-electron chi connectivity index (χ2n) is 4.50. The van der Waals surface area contributed by atoms with E-state index in [0.29, 0.717) is 16.9 Å². The Morgan fingerprint density at radius 2 is 1.86 bits per heavy atom. The van der Waals surface area contributed by atoms with E-state index in [4.69, 9.17) is 5.11 Å². The number of benzene rings is 1. The molecule has 0 bridgehead atoms. The Bertz CT molecular complexity index is 671. The van der Waals surface area contributed by atoms with Gasteiger partial charge in [-0.15, -0.1) is 0 Å². The van der Waals surface area contributed by atoms with Crippen molar-refractivity contribution in [2.24, 2.45) is 0 Å². The van der Waals surface area contributed by atoms with Crippen molar-refractivity contribution in [1.29, 1.82) is 0 Å². The molecule has 3 N–H and O–H groups in total. The summed E-state index contributed by atoms with van der Waals surface area (Å²) in [6.07, 6.45) is 3.04. The van der Waals surface area contributed by atoms with Crippen molar-refractivity contribution in [2.45, 2.75) is 13.3 Å². The van der Waals surface area contributed by atoms with Crippen LogP contribution in [0.5, 0.6) is 0 Å². The van der Waals surface area contributed by atoms with Gasteiger partial charge < -0.3 is 15.7 Å². The number of carbonyl (C=O) groups is 2. The van der Waals surface area contributed by atoms with Gasteiger partial charge in [0.2, 0.25) is 0 Å². The van der Waals surface area contributed by atoms with E-state index in [0.717, 1.165) is 5.56 Å². The number of hydrogen-bond donors (Lipinski definition) is 3. The summed E-state index contributed by atoms with van der Waals surface area (Å²) in [5.41, 5.74) is 2.51. The predicted octanol–water partition coefficient (Wildman–Crippen LogP) is 2.66. The lowest BCUT2D eigenvalue weighted by molar-refractivity contribution is -0.136. The SMILES string of the molecule is Cc1ccncc1NC(=O)Nc1ccccc1CC(=O)O. The van der Waals surface area contributed by atoms with Crippen molar-refractivity contribution in [2.75, 3.05) is 10.6 Å². The quantitative estimate of drug-likeness (QED) is 0.805. The molecule has 0 aliphatic rings. The second-order valence-corrected chi connectivity index (χ2v) is 4.50. The maximum Gasteiger partial charge on any atom is 0.323 e. The Morgan fingerprint density at radius 1 is 1.14 bits per heavy atom. The largest absolute Gasteiger partial charge is 0.481 e. The highest BCUT2D eigenvalue weighted by molar-refractivity contribution is 6.00. The lowest BCUT2D eigenvalue weighted by Crippen LogP contribution is -2.21. The minimum absolute atomic E-state index is 0.150. The molecule has 1 aromatic carbocycles. The Morgan fingerprint density at radius 3 is 2.57 bits per heavy atom. The van der Waals surface area contributed by atoms with E-state index in [2.05, 4.69) is 15.6 Å². The number of pyridine rings is 1. The summed E-state index contributed by atoms with van der Waals surface area (Å²) < 4.78 is 0. The fourth-order valence-corrected chi connectivity index (χ4v) is 1.83. The van der Waals surface area contributed by atoms with E-state index < -0.39 is 12.0 Å². The molecule has 0 unspecified atom stereocenters. The summed E-state index contributed by atoms with van der Waals surface area (Å²) in [4.78, 5) is 26.7. The average molecular weight is 285 g/mol. The third kappa shape index (κ3) is 4.04. The lowest BCUT2D eigenvalue weighted by Gasteiger charge is -2.11. The number of amides is 2. The van der Waals surface area contributed by atoms with Crippen LogP contribution >= 0.6 is 0 Å². The maximum atomic E-state index is 12.0. The summed E-state index contributed by atoms with van der Waals surface area (Å²) >= 11 is 0. The normalized spacial score (nSPS) is 9.95. The minimum Gasteiger partial charge on any atom is -0.481 e. The predicted molar refractivity (Wildman–Crippen MR) is 79.4 cm³/mol. The maximum absolute atomic E-state index is 12.0. The molecule has 0 aliphatic heterocycles. The van der Waals surface area contributed by atoms with Gasteiger partial charge in [0.15, 0.2) is 0 Å². The molecule has 0 fully saturated rings. The van der Waals surface area contributed by atoms with Gasteiger partial charge in [-0.25, -0.2) is 4.79 Å². The first kappa shape index (κ1) is 14.5. The zero-order valence-electron chi connectivity index (χ0n) is 11.5. The molecule has 6 nitrogen and oxygen atoms in total. The summed E-state index contributed by atoms with van der Waals surface area (Å²) in [5, 5.41) is 14.2. The van der Waals surface area contributed by atoms with Gasteiger partial charge in [-0.05, 0) is 30.2 Å². The fraction of sp³-hybridized carbons (Fsp3) is 0.133. The number of anilines is 2. The van der Waals surface area contributed by atoms with Gasteiger partial charge >= 0.3 is 12.0 Å². The number of carboxylic acid groups (broad SMARTS) is 1. The van der Waals surface area contributed by atoms with E-state index in [1.54, 1.807) is 42.7 Å². The molecule has 1 heterocycles. The molecule has 2 aromatic rings. The number of urea groups is 1. The zero-order valence-corrected chi connectivity index (χ0v) is 11.5. The average Bonchev–Trinajstić information content (AvgIpc) is 2.43. The van der Waals surface area contributed by atoms with Crippen LogP contribution in [-0.2, 0) is 11.2 Å². The highest BCUT2D eigenvalue weighted by Gasteiger charge is 2.10. The number of aliphatic carboxylic acids is 1. The van der Waals surface area contributed by atoms with Crippen molar-refractivity contribution >= 4 is 23.4 Å². The number of para-hydroxylation sites is 1. The lowest BCUT2D eigenvalue weighted by atomic mass is 10.1. The van der Waals surface area contributed by atoms with Gasteiger partial charge in [-0.3, -0.25) is 9.78 Å². The number of carboxylic acids is 1. The van der Waals surface area contributed by atoms with Crippen LogP contribution in [0.2, 0.25) is 0 Å². The number of rotatable bonds is 4. The van der Waals surface area contributed by atoms with Gasteiger partial charge in [0.05, 0.1) is 18.3 Å². The smallest absolute Gasteiger partial charge is 0.323 e. The number of nitrogens with one attached hydrogen (secondary N) is 2. The van der Waals surface area contributed by atoms with Gasteiger partial charge in [-0.1, -0.05) is 18.2 Å². The van der Waals surface area contributed by atoms with Crippen LogP contribution in [0.1, 0.15) is 11.1 Å². The number of aryl methyl sites for hydroxylation is 1. The van der Waals surface area contributed by atoms with Crippen LogP contribution in [0.15, 0.2) is 42.7 Å². The van der Waals surface area contributed by atoms with Gasteiger partial charge in [0.1, 0.15) is 0 Å². The summed E-state index contributed by atoms with van der Waals surface area (Å²) in [6.45, 7) is 1.86.